The van der Waals surface area contributed by atoms with E-state index in [4.69, 9.17) is 9.47 Å². The summed E-state index contributed by atoms with van der Waals surface area (Å²) in [6.45, 7) is 1.99. The number of hydrogen-bond acceptors (Lipinski definition) is 4. The van der Waals surface area contributed by atoms with Gasteiger partial charge in [0.15, 0.2) is 0 Å². The van der Waals surface area contributed by atoms with Crippen LogP contribution in [-0.4, -0.2) is 24.0 Å². The molecule has 1 aromatic heterocycles. The van der Waals surface area contributed by atoms with Gasteiger partial charge >= 0.3 is 0 Å². The van der Waals surface area contributed by atoms with E-state index in [1.54, 1.807) is 25.1 Å². The molecule has 27 heavy (non-hydrogen) atoms. The molecule has 7 heteroatoms. The van der Waals surface area contributed by atoms with Gasteiger partial charge in [-0.05, 0) is 36.8 Å². The molecule has 0 aliphatic carbocycles. The molecule has 0 saturated heterocycles. The van der Waals surface area contributed by atoms with Crippen LogP contribution in [0.25, 0.3) is 22.4 Å². The third kappa shape index (κ3) is 3.53. The van der Waals surface area contributed by atoms with Crippen molar-refractivity contribution in [1.29, 1.82) is 0 Å². The van der Waals surface area contributed by atoms with Crippen LogP contribution in [0.15, 0.2) is 47.3 Å². The molecular formula is C20H18F2N2O3. The minimum atomic E-state index is -0.764. The fourth-order valence-electron chi connectivity index (χ4n) is 2.81. The number of nitrogens with zero attached hydrogens (tertiary/aromatic N) is 2. The van der Waals surface area contributed by atoms with Gasteiger partial charge in [-0.3, -0.25) is 4.79 Å². The second-order valence-corrected chi connectivity index (χ2v) is 5.76. The molecule has 0 radical (unpaired) electrons. The van der Waals surface area contributed by atoms with E-state index in [1.165, 1.54) is 26.4 Å². The summed E-state index contributed by atoms with van der Waals surface area (Å²) in [6, 6.07) is 9.85. The Balaban J connectivity index is 2.37. The van der Waals surface area contributed by atoms with E-state index in [0.717, 1.165) is 16.8 Å². The summed E-state index contributed by atoms with van der Waals surface area (Å²) in [5.41, 5.74) is 0.135. The van der Waals surface area contributed by atoms with Crippen molar-refractivity contribution in [2.45, 2.75) is 13.5 Å². The number of aryl methyl sites for hydroxylation is 1. The van der Waals surface area contributed by atoms with Gasteiger partial charge in [0.05, 0.1) is 19.8 Å². The molecule has 0 amide bonds. The molecule has 0 atom stereocenters. The van der Waals surface area contributed by atoms with E-state index in [9.17, 15) is 13.6 Å². The fraction of sp³-hybridized carbons (Fsp3) is 0.200. The van der Waals surface area contributed by atoms with Gasteiger partial charge in [-0.2, -0.15) is 5.10 Å². The van der Waals surface area contributed by atoms with Gasteiger partial charge < -0.3 is 9.47 Å². The fourth-order valence-corrected chi connectivity index (χ4v) is 2.81. The Morgan fingerprint density at radius 3 is 2.11 bits per heavy atom. The van der Waals surface area contributed by atoms with Crippen molar-refractivity contribution in [3.63, 3.8) is 0 Å². The third-order valence-corrected chi connectivity index (χ3v) is 4.16. The van der Waals surface area contributed by atoms with Crippen LogP contribution >= 0.6 is 0 Å². The zero-order chi connectivity index (χ0) is 19.6. The van der Waals surface area contributed by atoms with E-state index in [2.05, 4.69) is 5.10 Å². The van der Waals surface area contributed by atoms with Crippen molar-refractivity contribution in [2.24, 2.45) is 0 Å². The Bertz CT molecular complexity index is 1010. The van der Waals surface area contributed by atoms with Crippen LogP contribution in [-0.2, 0) is 6.54 Å². The minimum absolute atomic E-state index is 0.0300. The molecule has 140 valence electrons. The summed E-state index contributed by atoms with van der Waals surface area (Å²) in [5.74, 6) is -0.576. The Morgan fingerprint density at radius 2 is 1.59 bits per heavy atom. The second-order valence-electron chi connectivity index (χ2n) is 5.76. The number of ether oxygens (including phenoxy) is 2. The smallest absolute Gasteiger partial charge is 0.267 e. The molecule has 2 aromatic carbocycles. The van der Waals surface area contributed by atoms with Crippen molar-refractivity contribution >= 4 is 0 Å². The van der Waals surface area contributed by atoms with Gasteiger partial charge in [0.2, 0.25) is 0 Å². The zero-order valence-corrected chi connectivity index (χ0v) is 15.1. The maximum atomic E-state index is 14.4. The van der Waals surface area contributed by atoms with Crippen molar-refractivity contribution in [3.05, 3.63) is 64.5 Å². The van der Waals surface area contributed by atoms with E-state index >= 15 is 0 Å². The van der Waals surface area contributed by atoms with Gasteiger partial charge in [0, 0.05) is 24.2 Å². The van der Waals surface area contributed by atoms with Gasteiger partial charge in [-0.25, -0.2) is 13.5 Å². The first-order chi connectivity index (χ1) is 13.0. The number of rotatable bonds is 5. The van der Waals surface area contributed by atoms with Crippen LogP contribution in [0.5, 0.6) is 11.5 Å². The lowest BCUT2D eigenvalue weighted by Gasteiger charge is -2.14. The molecule has 1 heterocycles. The number of hydrogen-bond donors (Lipinski definition) is 0. The lowest BCUT2D eigenvalue weighted by atomic mass is 9.98. The molecule has 0 unspecified atom stereocenters. The highest BCUT2D eigenvalue weighted by Crippen LogP contribution is 2.36. The predicted octanol–water partition coefficient (Wildman–Crippen LogP) is 3.89. The van der Waals surface area contributed by atoms with E-state index in [0.29, 0.717) is 17.1 Å². The molecular weight excluding hydrogens is 354 g/mol. The Kier molecular flexibility index (Phi) is 5.21. The highest BCUT2D eigenvalue weighted by Gasteiger charge is 2.20. The lowest BCUT2D eigenvalue weighted by molar-refractivity contribution is 0.394. The van der Waals surface area contributed by atoms with Crippen molar-refractivity contribution in [1.82, 2.24) is 9.78 Å². The number of methoxy groups -OCH3 is 2. The summed E-state index contributed by atoms with van der Waals surface area (Å²) >= 11 is 0. The monoisotopic (exact) mass is 372 g/mol. The molecule has 0 bridgehead atoms. The van der Waals surface area contributed by atoms with Crippen LogP contribution in [0.2, 0.25) is 0 Å². The summed E-state index contributed by atoms with van der Waals surface area (Å²) in [4.78, 5) is 12.4. The summed E-state index contributed by atoms with van der Waals surface area (Å²) < 4.78 is 40.5. The number of aromatic nitrogens is 2. The average Bonchev–Trinajstić information content (AvgIpc) is 2.68. The lowest BCUT2D eigenvalue weighted by Crippen LogP contribution is -2.22. The first-order valence-electron chi connectivity index (χ1n) is 8.28. The van der Waals surface area contributed by atoms with Gasteiger partial charge in [0.1, 0.15) is 28.8 Å². The van der Waals surface area contributed by atoms with Crippen LogP contribution < -0.4 is 15.0 Å². The molecule has 0 fully saturated rings. The SMILES string of the molecule is CCn1nc(-c2c(F)cccc2F)c(-c2cc(OC)cc(OC)c2)cc1=O. The van der Waals surface area contributed by atoms with Crippen LogP contribution in [0.1, 0.15) is 6.92 Å². The Morgan fingerprint density at radius 1 is 1.00 bits per heavy atom. The topological polar surface area (TPSA) is 53.4 Å². The summed E-state index contributed by atoms with van der Waals surface area (Å²) in [5, 5.41) is 4.21. The third-order valence-electron chi connectivity index (χ3n) is 4.16. The molecule has 0 saturated carbocycles. The quantitative estimate of drug-likeness (QED) is 0.682. The van der Waals surface area contributed by atoms with Crippen molar-refractivity contribution in [3.8, 4) is 33.9 Å². The highest BCUT2D eigenvalue weighted by molar-refractivity contribution is 5.82. The van der Waals surface area contributed by atoms with Gasteiger partial charge in [-0.1, -0.05) is 6.07 Å². The average molecular weight is 372 g/mol. The molecule has 3 aromatic rings. The maximum Gasteiger partial charge on any atom is 0.267 e. The minimum Gasteiger partial charge on any atom is -0.497 e. The largest absolute Gasteiger partial charge is 0.497 e. The van der Waals surface area contributed by atoms with Crippen LogP contribution in [0.3, 0.4) is 0 Å². The number of halogens is 2. The van der Waals surface area contributed by atoms with E-state index < -0.39 is 11.6 Å². The maximum absolute atomic E-state index is 14.4. The molecule has 0 N–H and O–H groups in total. The molecule has 3 rings (SSSR count). The Labute approximate surface area is 154 Å². The van der Waals surface area contributed by atoms with Crippen LogP contribution in [0, 0.1) is 11.6 Å². The molecule has 0 aliphatic rings. The molecule has 0 aliphatic heterocycles. The first kappa shape index (κ1) is 18.6. The predicted molar refractivity (Wildman–Crippen MR) is 98.1 cm³/mol. The normalized spacial score (nSPS) is 10.7. The molecule has 0 spiro atoms. The highest BCUT2D eigenvalue weighted by atomic mass is 19.1. The zero-order valence-electron chi connectivity index (χ0n) is 15.1. The second kappa shape index (κ2) is 7.57. The van der Waals surface area contributed by atoms with Crippen LogP contribution in [0.4, 0.5) is 8.78 Å². The summed E-state index contributed by atoms with van der Waals surface area (Å²) in [6.07, 6.45) is 0. The van der Waals surface area contributed by atoms with E-state index in [1.807, 2.05) is 0 Å². The standard InChI is InChI=1S/C20H18F2N2O3/c1-4-24-18(25)11-15(12-8-13(26-2)10-14(9-12)27-3)20(23-24)19-16(21)6-5-7-17(19)22/h5-11H,4H2,1-3H3. The van der Waals surface area contributed by atoms with Crippen molar-refractivity contribution in [2.75, 3.05) is 14.2 Å². The summed E-state index contributed by atoms with van der Waals surface area (Å²) in [7, 11) is 2.98. The van der Waals surface area contributed by atoms with E-state index in [-0.39, 0.29) is 28.9 Å². The van der Waals surface area contributed by atoms with Gasteiger partial charge in [-0.15, -0.1) is 0 Å². The first-order valence-corrected chi connectivity index (χ1v) is 8.28. The van der Waals surface area contributed by atoms with Gasteiger partial charge in [0.25, 0.3) is 5.56 Å². The van der Waals surface area contributed by atoms with Crippen molar-refractivity contribution < 1.29 is 18.3 Å². The Hall–Kier alpha value is -3.22. The number of benzene rings is 2. The molecule has 5 nitrogen and oxygen atoms in total.